The molecule has 2 aromatic carbocycles. The standard InChI is InChI=1S/C20H23N3O2.C4H6O6/c1-20-11-12-22(2)18(20)23(3)17-10-9-15(13-16(17)20)25-19(24)21-14-7-5-4-6-8-14;5-1(3(7)8)2(6)4(9)10/h4-10,13,18H,11-12H2,1-3H3,(H,21,24);1-2,5-6H,(H,7,8)(H,9,10)/t18-,20+;1-,2-/m01/s1. The van der Waals surface area contributed by atoms with Crippen LogP contribution in [-0.4, -0.2) is 82.4 Å². The lowest BCUT2D eigenvalue weighted by atomic mass is 9.81. The number of carboxylic acids is 2. The molecule has 0 bridgehead atoms. The Morgan fingerprint density at radius 3 is 2.20 bits per heavy atom. The van der Waals surface area contributed by atoms with E-state index in [2.05, 4.69) is 42.2 Å². The summed E-state index contributed by atoms with van der Waals surface area (Å²) in [6.07, 6.45) is -3.54. The van der Waals surface area contributed by atoms with Crippen LogP contribution in [0.3, 0.4) is 0 Å². The largest absolute Gasteiger partial charge is 0.479 e. The summed E-state index contributed by atoms with van der Waals surface area (Å²) >= 11 is 0. The van der Waals surface area contributed by atoms with Crippen LogP contribution >= 0.6 is 0 Å². The van der Waals surface area contributed by atoms with Crippen LogP contribution in [0.1, 0.15) is 18.9 Å². The number of aliphatic carboxylic acids is 2. The number of hydrogen-bond acceptors (Lipinski definition) is 8. The Morgan fingerprint density at radius 1 is 1.03 bits per heavy atom. The number of para-hydroxylation sites is 1. The summed E-state index contributed by atoms with van der Waals surface area (Å²) in [6.45, 7) is 3.38. The molecular formula is C24H29N3O8. The van der Waals surface area contributed by atoms with Gasteiger partial charge in [0, 0.05) is 30.4 Å². The number of ether oxygens (including phenoxy) is 1. The van der Waals surface area contributed by atoms with E-state index in [0.717, 1.165) is 18.7 Å². The number of nitrogens with zero attached hydrogens (tertiary/aromatic N) is 2. The molecule has 4 atom stereocenters. The van der Waals surface area contributed by atoms with Gasteiger partial charge in [0.15, 0.2) is 12.2 Å². The topological polar surface area (TPSA) is 160 Å². The highest BCUT2D eigenvalue weighted by Crippen LogP contribution is 2.51. The predicted octanol–water partition coefficient (Wildman–Crippen LogP) is 1.54. The Hall–Kier alpha value is -3.67. The zero-order valence-electron chi connectivity index (χ0n) is 19.6. The second-order valence-electron chi connectivity index (χ2n) is 8.76. The summed E-state index contributed by atoms with van der Waals surface area (Å²) in [5.74, 6) is -2.96. The molecule has 2 heterocycles. The molecule has 11 nitrogen and oxygen atoms in total. The lowest BCUT2D eigenvalue weighted by molar-refractivity contribution is -0.165. The third-order valence-corrected chi connectivity index (χ3v) is 6.34. The van der Waals surface area contributed by atoms with Gasteiger partial charge in [-0.2, -0.15) is 0 Å². The number of aliphatic hydroxyl groups excluding tert-OH is 2. The first kappa shape index (κ1) is 25.9. The second-order valence-corrected chi connectivity index (χ2v) is 8.76. The van der Waals surface area contributed by atoms with E-state index in [9.17, 15) is 14.4 Å². The lowest BCUT2D eigenvalue weighted by Gasteiger charge is -2.32. The highest BCUT2D eigenvalue weighted by Gasteiger charge is 2.52. The number of carboxylic acid groups (broad SMARTS) is 2. The average molecular weight is 488 g/mol. The maximum atomic E-state index is 12.2. The van der Waals surface area contributed by atoms with Crippen molar-refractivity contribution in [3.63, 3.8) is 0 Å². The molecule has 1 saturated heterocycles. The van der Waals surface area contributed by atoms with Crippen molar-refractivity contribution < 1.29 is 39.5 Å². The first-order valence-corrected chi connectivity index (χ1v) is 10.9. The highest BCUT2D eigenvalue weighted by molar-refractivity contribution is 5.86. The van der Waals surface area contributed by atoms with Crippen molar-refractivity contribution in [1.82, 2.24) is 4.90 Å². The van der Waals surface area contributed by atoms with Crippen molar-refractivity contribution in [1.29, 1.82) is 0 Å². The van der Waals surface area contributed by atoms with Gasteiger partial charge >= 0.3 is 18.0 Å². The zero-order valence-corrected chi connectivity index (χ0v) is 19.6. The Morgan fingerprint density at radius 2 is 1.63 bits per heavy atom. The van der Waals surface area contributed by atoms with Crippen molar-refractivity contribution >= 4 is 29.4 Å². The third-order valence-electron chi connectivity index (χ3n) is 6.34. The van der Waals surface area contributed by atoms with E-state index in [4.69, 9.17) is 25.2 Å². The van der Waals surface area contributed by atoms with Crippen LogP contribution in [0.4, 0.5) is 16.2 Å². The van der Waals surface area contributed by atoms with Crippen LogP contribution in [0, 0.1) is 0 Å². The number of amides is 1. The fourth-order valence-electron chi connectivity index (χ4n) is 4.66. The molecule has 5 N–H and O–H groups in total. The van der Waals surface area contributed by atoms with Gasteiger partial charge in [0.2, 0.25) is 0 Å². The van der Waals surface area contributed by atoms with E-state index in [1.165, 1.54) is 11.3 Å². The summed E-state index contributed by atoms with van der Waals surface area (Å²) < 4.78 is 5.52. The average Bonchev–Trinajstić information content (AvgIpc) is 3.24. The number of likely N-dealkylation sites (N-methyl/N-ethyl adjacent to an activating group) is 2. The van der Waals surface area contributed by atoms with Crippen molar-refractivity contribution in [2.75, 3.05) is 30.9 Å². The summed E-state index contributed by atoms with van der Waals surface area (Å²) in [5.41, 5.74) is 3.26. The number of rotatable bonds is 5. The molecule has 0 aromatic heterocycles. The minimum absolute atomic E-state index is 0.0636. The summed E-state index contributed by atoms with van der Waals surface area (Å²) in [6, 6.07) is 15.3. The molecule has 11 heteroatoms. The third kappa shape index (κ3) is 5.37. The van der Waals surface area contributed by atoms with Gasteiger partial charge in [0.25, 0.3) is 0 Å². The summed E-state index contributed by atoms with van der Waals surface area (Å²) in [4.78, 5) is 36.4. The van der Waals surface area contributed by atoms with Crippen LogP contribution in [0.2, 0.25) is 0 Å². The lowest BCUT2D eigenvalue weighted by Crippen LogP contribution is -2.45. The number of fused-ring (bicyclic) bond motifs is 3. The molecule has 1 fully saturated rings. The van der Waals surface area contributed by atoms with E-state index in [0.29, 0.717) is 11.9 Å². The van der Waals surface area contributed by atoms with Crippen molar-refractivity contribution in [3.8, 4) is 5.75 Å². The highest BCUT2D eigenvalue weighted by atomic mass is 16.6. The number of carbonyl (C=O) groups excluding carboxylic acids is 1. The molecule has 0 saturated carbocycles. The van der Waals surface area contributed by atoms with E-state index >= 15 is 0 Å². The summed E-state index contributed by atoms with van der Waals surface area (Å²) in [5, 5.41) is 35.3. The van der Waals surface area contributed by atoms with Crippen LogP contribution in [0.15, 0.2) is 48.5 Å². The Bertz CT molecular complexity index is 1080. The molecule has 188 valence electrons. The van der Waals surface area contributed by atoms with Gasteiger partial charge in [-0.25, -0.2) is 14.4 Å². The molecule has 35 heavy (non-hydrogen) atoms. The van der Waals surface area contributed by atoms with Gasteiger partial charge in [-0.15, -0.1) is 0 Å². The molecule has 0 unspecified atom stereocenters. The molecule has 0 radical (unpaired) electrons. The minimum Gasteiger partial charge on any atom is -0.479 e. The number of carbonyl (C=O) groups is 3. The molecule has 0 aliphatic carbocycles. The van der Waals surface area contributed by atoms with Gasteiger partial charge < -0.3 is 30.1 Å². The van der Waals surface area contributed by atoms with Crippen LogP contribution in [-0.2, 0) is 15.0 Å². The van der Waals surface area contributed by atoms with Gasteiger partial charge in [-0.05, 0) is 49.4 Å². The second kappa shape index (κ2) is 10.3. The molecule has 2 aliphatic rings. The van der Waals surface area contributed by atoms with Crippen molar-refractivity contribution in [2.24, 2.45) is 0 Å². The number of likely N-dealkylation sites (tertiary alicyclic amines) is 1. The molecule has 1 amide bonds. The number of anilines is 2. The van der Waals surface area contributed by atoms with E-state index in [-0.39, 0.29) is 5.41 Å². The van der Waals surface area contributed by atoms with Crippen molar-refractivity contribution in [3.05, 3.63) is 54.1 Å². The molecule has 4 rings (SSSR count). The van der Waals surface area contributed by atoms with E-state index in [1.807, 2.05) is 42.5 Å². The van der Waals surface area contributed by atoms with Gasteiger partial charge in [0.1, 0.15) is 5.75 Å². The fourth-order valence-corrected chi connectivity index (χ4v) is 4.66. The minimum atomic E-state index is -2.27. The first-order chi connectivity index (χ1) is 16.5. The van der Waals surface area contributed by atoms with Crippen LogP contribution in [0.5, 0.6) is 5.75 Å². The predicted molar refractivity (Wildman–Crippen MR) is 127 cm³/mol. The van der Waals surface area contributed by atoms with Gasteiger partial charge in [0.05, 0.1) is 6.17 Å². The number of nitrogens with one attached hydrogen (secondary N) is 1. The number of benzene rings is 2. The Balaban J connectivity index is 0.000000292. The maximum Gasteiger partial charge on any atom is 0.417 e. The molecule has 2 aromatic rings. The van der Waals surface area contributed by atoms with Gasteiger partial charge in [-0.3, -0.25) is 10.2 Å². The quantitative estimate of drug-likeness (QED) is 0.419. The number of aliphatic hydroxyl groups is 2. The normalized spacial score (nSPS) is 22.2. The zero-order chi connectivity index (χ0) is 25.9. The van der Waals surface area contributed by atoms with Crippen LogP contribution < -0.4 is 15.0 Å². The Labute approximate surface area is 202 Å². The smallest absolute Gasteiger partial charge is 0.417 e. The van der Waals surface area contributed by atoms with Crippen LogP contribution in [0.25, 0.3) is 0 Å². The molecule has 2 aliphatic heterocycles. The Kier molecular flexibility index (Phi) is 7.64. The monoisotopic (exact) mass is 487 g/mol. The molecule has 0 spiro atoms. The van der Waals surface area contributed by atoms with Gasteiger partial charge in [-0.1, -0.05) is 25.1 Å². The van der Waals surface area contributed by atoms with Crippen molar-refractivity contribution in [2.45, 2.75) is 37.1 Å². The fraction of sp³-hybridized carbons (Fsp3) is 0.375. The van der Waals surface area contributed by atoms with E-state index in [1.54, 1.807) is 0 Å². The summed E-state index contributed by atoms with van der Waals surface area (Å²) in [7, 11) is 4.31. The maximum absolute atomic E-state index is 12.2. The SMILES string of the molecule is CN1CC[C@]2(C)c3cc(OC(=O)Nc4ccccc4)ccc3N(C)[C@H]12.O=C(O)[C@H](O)[C@@H](O)C(=O)O. The molecular weight excluding hydrogens is 458 g/mol. The first-order valence-electron chi connectivity index (χ1n) is 10.9. The number of hydrogen-bond donors (Lipinski definition) is 5. The van der Waals surface area contributed by atoms with E-state index < -0.39 is 30.2 Å².